The standard InChI is InChI=1S/C13H16O3/c1-3-10(9-14)8-11-4-6-12(7-5-11)13(15)16-2/h4-8,14H,3,9H2,1-2H3. The number of carbonyl (C=O) groups excluding carboxylic acids is 1. The number of esters is 1. The second-order valence-corrected chi connectivity index (χ2v) is 3.43. The number of methoxy groups -OCH3 is 1. The zero-order valence-electron chi connectivity index (χ0n) is 9.56. The Balaban J connectivity index is 2.86. The van der Waals surface area contributed by atoms with Crippen LogP contribution >= 0.6 is 0 Å². The maximum atomic E-state index is 11.2. The Labute approximate surface area is 95.4 Å². The van der Waals surface area contributed by atoms with Gasteiger partial charge in [0.2, 0.25) is 0 Å². The lowest BCUT2D eigenvalue weighted by molar-refractivity contribution is 0.0600. The SMILES string of the molecule is CCC(=Cc1ccc(C(=O)OC)cc1)CO. The molecule has 86 valence electrons. The molecule has 0 saturated heterocycles. The molecule has 0 aromatic heterocycles. The van der Waals surface area contributed by atoms with Crippen LogP contribution in [0.25, 0.3) is 6.08 Å². The van der Waals surface area contributed by atoms with Crippen molar-refractivity contribution < 1.29 is 14.6 Å². The van der Waals surface area contributed by atoms with Crippen molar-refractivity contribution in [1.82, 2.24) is 0 Å². The summed E-state index contributed by atoms with van der Waals surface area (Å²) < 4.78 is 4.61. The van der Waals surface area contributed by atoms with Gasteiger partial charge in [0.05, 0.1) is 19.3 Å². The summed E-state index contributed by atoms with van der Waals surface area (Å²) in [5.74, 6) is -0.339. The predicted molar refractivity (Wildman–Crippen MR) is 63.1 cm³/mol. The van der Waals surface area contributed by atoms with Gasteiger partial charge < -0.3 is 9.84 Å². The molecule has 0 aliphatic heterocycles. The van der Waals surface area contributed by atoms with Gasteiger partial charge in [-0.3, -0.25) is 0 Å². The van der Waals surface area contributed by atoms with Gasteiger partial charge in [-0.2, -0.15) is 0 Å². The molecule has 3 heteroatoms. The molecule has 0 fully saturated rings. The molecule has 0 amide bonds. The summed E-state index contributed by atoms with van der Waals surface area (Å²) in [7, 11) is 1.36. The fourth-order valence-electron chi connectivity index (χ4n) is 1.33. The quantitative estimate of drug-likeness (QED) is 0.792. The number of hydrogen-bond acceptors (Lipinski definition) is 3. The van der Waals surface area contributed by atoms with E-state index in [1.54, 1.807) is 12.1 Å². The van der Waals surface area contributed by atoms with E-state index in [-0.39, 0.29) is 12.6 Å². The first-order valence-corrected chi connectivity index (χ1v) is 5.20. The number of benzene rings is 1. The molecule has 0 atom stereocenters. The molecule has 0 spiro atoms. The minimum Gasteiger partial charge on any atom is -0.465 e. The largest absolute Gasteiger partial charge is 0.465 e. The van der Waals surface area contributed by atoms with Crippen LogP contribution < -0.4 is 0 Å². The maximum absolute atomic E-state index is 11.2. The first kappa shape index (κ1) is 12.5. The van der Waals surface area contributed by atoms with Crippen molar-refractivity contribution in [3.63, 3.8) is 0 Å². The van der Waals surface area contributed by atoms with Gasteiger partial charge in [0.15, 0.2) is 0 Å². The minimum atomic E-state index is -0.339. The molecule has 0 unspecified atom stereocenters. The molecule has 1 aromatic carbocycles. The van der Waals surface area contributed by atoms with Crippen LogP contribution in [0.1, 0.15) is 29.3 Å². The number of aliphatic hydroxyl groups is 1. The highest BCUT2D eigenvalue weighted by atomic mass is 16.5. The lowest BCUT2D eigenvalue weighted by Gasteiger charge is -2.02. The summed E-state index contributed by atoms with van der Waals surface area (Å²) in [5.41, 5.74) is 2.46. The Morgan fingerprint density at radius 2 is 2.00 bits per heavy atom. The van der Waals surface area contributed by atoms with Gasteiger partial charge in [-0.1, -0.05) is 25.1 Å². The molecule has 0 saturated carbocycles. The lowest BCUT2D eigenvalue weighted by atomic mass is 10.1. The molecule has 0 radical (unpaired) electrons. The molecule has 0 bridgehead atoms. The first-order chi connectivity index (χ1) is 7.71. The van der Waals surface area contributed by atoms with Crippen LogP contribution in [0.5, 0.6) is 0 Å². The fourth-order valence-corrected chi connectivity index (χ4v) is 1.33. The summed E-state index contributed by atoms with van der Waals surface area (Å²) >= 11 is 0. The molecule has 1 rings (SSSR count). The average molecular weight is 220 g/mol. The topological polar surface area (TPSA) is 46.5 Å². The van der Waals surface area contributed by atoms with E-state index in [1.165, 1.54) is 7.11 Å². The van der Waals surface area contributed by atoms with Gasteiger partial charge in [-0.15, -0.1) is 0 Å². The molecule has 0 aliphatic carbocycles. The van der Waals surface area contributed by atoms with Crippen LogP contribution in [0.4, 0.5) is 0 Å². The van der Waals surface area contributed by atoms with Crippen LogP contribution in [0.2, 0.25) is 0 Å². The molecule has 0 heterocycles. The molecule has 16 heavy (non-hydrogen) atoms. The fraction of sp³-hybridized carbons (Fsp3) is 0.308. The first-order valence-electron chi connectivity index (χ1n) is 5.20. The van der Waals surface area contributed by atoms with E-state index in [4.69, 9.17) is 5.11 Å². The molecular weight excluding hydrogens is 204 g/mol. The Kier molecular flexibility index (Phi) is 4.73. The van der Waals surface area contributed by atoms with Gasteiger partial charge >= 0.3 is 5.97 Å². The van der Waals surface area contributed by atoms with E-state index < -0.39 is 0 Å². The molecule has 1 N–H and O–H groups in total. The van der Waals surface area contributed by atoms with Gasteiger partial charge in [0, 0.05) is 0 Å². The second-order valence-electron chi connectivity index (χ2n) is 3.43. The highest BCUT2D eigenvalue weighted by Crippen LogP contribution is 2.11. The summed E-state index contributed by atoms with van der Waals surface area (Å²) in [6.07, 6.45) is 2.73. The molecule has 3 nitrogen and oxygen atoms in total. The van der Waals surface area contributed by atoms with Gasteiger partial charge in [0.1, 0.15) is 0 Å². The smallest absolute Gasteiger partial charge is 0.337 e. The summed E-state index contributed by atoms with van der Waals surface area (Å²) in [6.45, 7) is 2.06. The second kappa shape index (κ2) is 6.08. The maximum Gasteiger partial charge on any atom is 0.337 e. The zero-order chi connectivity index (χ0) is 12.0. The van der Waals surface area contributed by atoms with Gasteiger partial charge in [0.25, 0.3) is 0 Å². The van der Waals surface area contributed by atoms with E-state index in [0.29, 0.717) is 5.56 Å². The number of aliphatic hydroxyl groups excluding tert-OH is 1. The number of carbonyl (C=O) groups is 1. The van der Waals surface area contributed by atoms with Crippen LogP contribution in [0.3, 0.4) is 0 Å². The third kappa shape index (κ3) is 3.21. The zero-order valence-corrected chi connectivity index (χ0v) is 9.56. The molecular formula is C13H16O3. The Hall–Kier alpha value is -1.61. The number of rotatable bonds is 4. The van der Waals surface area contributed by atoms with Crippen LogP contribution in [-0.4, -0.2) is 24.8 Å². The van der Waals surface area contributed by atoms with E-state index >= 15 is 0 Å². The van der Waals surface area contributed by atoms with Crippen molar-refractivity contribution in [2.24, 2.45) is 0 Å². The van der Waals surface area contributed by atoms with Crippen molar-refractivity contribution in [2.45, 2.75) is 13.3 Å². The van der Waals surface area contributed by atoms with E-state index in [9.17, 15) is 4.79 Å². The summed E-state index contributed by atoms with van der Waals surface area (Å²) in [4.78, 5) is 11.2. The van der Waals surface area contributed by atoms with Gasteiger partial charge in [-0.05, 0) is 29.7 Å². The van der Waals surface area contributed by atoms with Crippen molar-refractivity contribution in [3.8, 4) is 0 Å². The monoisotopic (exact) mass is 220 g/mol. The highest BCUT2D eigenvalue weighted by molar-refractivity contribution is 5.89. The van der Waals surface area contributed by atoms with Crippen molar-refractivity contribution in [3.05, 3.63) is 41.0 Å². The van der Waals surface area contributed by atoms with Gasteiger partial charge in [-0.25, -0.2) is 4.79 Å². The minimum absolute atomic E-state index is 0.0647. The van der Waals surface area contributed by atoms with Crippen molar-refractivity contribution in [1.29, 1.82) is 0 Å². The summed E-state index contributed by atoms with van der Waals surface area (Å²) in [6, 6.07) is 7.08. The van der Waals surface area contributed by atoms with E-state index in [0.717, 1.165) is 17.6 Å². The number of ether oxygens (including phenoxy) is 1. The third-order valence-electron chi connectivity index (χ3n) is 2.36. The third-order valence-corrected chi connectivity index (χ3v) is 2.36. The Morgan fingerprint density at radius 1 is 1.38 bits per heavy atom. The van der Waals surface area contributed by atoms with Crippen LogP contribution in [0.15, 0.2) is 29.8 Å². The highest BCUT2D eigenvalue weighted by Gasteiger charge is 2.03. The van der Waals surface area contributed by atoms with Crippen LogP contribution in [0, 0.1) is 0 Å². The lowest BCUT2D eigenvalue weighted by Crippen LogP contribution is -2.00. The van der Waals surface area contributed by atoms with Crippen LogP contribution in [-0.2, 0) is 4.74 Å². The van der Waals surface area contributed by atoms with E-state index in [1.807, 2.05) is 25.1 Å². The molecule has 0 aliphatic rings. The number of hydrogen-bond donors (Lipinski definition) is 1. The predicted octanol–water partition coefficient (Wildman–Crippen LogP) is 2.26. The van der Waals surface area contributed by atoms with Crippen molar-refractivity contribution >= 4 is 12.0 Å². The average Bonchev–Trinajstić information content (AvgIpc) is 2.35. The Morgan fingerprint density at radius 3 is 2.44 bits per heavy atom. The van der Waals surface area contributed by atoms with E-state index in [2.05, 4.69) is 4.74 Å². The van der Waals surface area contributed by atoms with Crippen molar-refractivity contribution in [2.75, 3.05) is 13.7 Å². The normalized spacial score (nSPS) is 11.3. The summed E-state index contributed by atoms with van der Waals surface area (Å²) in [5, 5.41) is 9.03. The molecule has 1 aromatic rings. The Bertz CT molecular complexity index is 371.